The quantitative estimate of drug-likeness (QED) is 0.391. The van der Waals surface area contributed by atoms with Gasteiger partial charge in [-0.25, -0.2) is 0 Å². The first-order valence-electron chi connectivity index (χ1n) is 10.9. The van der Waals surface area contributed by atoms with Crippen molar-refractivity contribution in [3.63, 3.8) is 0 Å². The number of para-hydroxylation sites is 1. The van der Waals surface area contributed by atoms with Gasteiger partial charge in [-0.3, -0.25) is 0 Å². The van der Waals surface area contributed by atoms with E-state index < -0.39 is 0 Å². The van der Waals surface area contributed by atoms with E-state index in [0.717, 1.165) is 25.7 Å². The van der Waals surface area contributed by atoms with Crippen LogP contribution in [0.15, 0.2) is 77.6 Å². The number of hydrogen-bond donors (Lipinski definition) is 1. The summed E-state index contributed by atoms with van der Waals surface area (Å²) in [4.78, 5) is 3.41. The molecule has 0 fully saturated rings. The summed E-state index contributed by atoms with van der Waals surface area (Å²) in [5.74, 6) is 0. The molecule has 0 saturated heterocycles. The maximum atomic E-state index is 4.44. The van der Waals surface area contributed by atoms with E-state index in [2.05, 4.69) is 102 Å². The minimum absolute atomic E-state index is 0.0577. The molecule has 0 radical (unpaired) electrons. The Morgan fingerprint density at radius 3 is 2.24 bits per heavy atom. The van der Waals surface area contributed by atoms with E-state index in [9.17, 15) is 0 Å². The second-order valence-electron chi connectivity index (χ2n) is 9.14. The topological polar surface area (TPSA) is 15.8 Å². The highest BCUT2D eigenvalue weighted by atomic mass is 14.7. The predicted octanol–water partition coefficient (Wildman–Crippen LogP) is 8.81. The van der Waals surface area contributed by atoms with Crippen molar-refractivity contribution in [2.75, 3.05) is 0 Å². The van der Waals surface area contributed by atoms with E-state index in [1.165, 1.54) is 45.2 Å². The maximum absolute atomic E-state index is 4.44. The Balaban J connectivity index is 1.91. The molecule has 1 N–H and O–H groups in total. The summed E-state index contributed by atoms with van der Waals surface area (Å²) < 4.78 is 0. The number of aromatic amines is 1. The molecule has 1 aromatic heterocycles. The molecule has 2 aromatic rings. The molecular weight excluding hydrogens is 350 g/mol. The fourth-order valence-corrected chi connectivity index (χ4v) is 3.67. The predicted molar refractivity (Wildman–Crippen MR) is 130 cm³/mol. The number of rotatable bonds is 10. The van der Waals surface area contributed by atoms with Crippen LogP contribution in [-0.4, -0.2) is 4.98 Å². The highest BCUT2D eigenvalue weighted by Crippen LogP contribution is 2.37. The van der Waals surface area contributed by atoms with Gasteiger partial charge >= 0.3 is 0 Å². The Morgan fingerprint density at radius 1 is 0.931 bits per heavy atom. The van der Waals surface area contributed by atoms with Crippen LogP contribution in [0.25, 0.3) is 10.9 Å². The van der Waals surface area contributed by atoms with Crippen molar-refractivity contribution in [3.05, 3.63) is 83.1 Å². The molecular formula is C28H39N. The van der Waals surface area contributed by atoms with Crippen molar-refractivity contribution in [1.82, 2.24) is 4.98 Å². The fourth-order valence-electron chi connectivity index (χ4n) is 3.67. The minimum atomic E-state index is -0.0577. The summed E-state index contributed by atoms with van der Waals surface area (Å²) in [6.07, 6.45) is 14.8. The van der Waals surface area contributed by atoms with Crippen molar-refractivity contribution >= 4 is 10.9 Å². The second-order valence-corrected chi connectivity index (χ2v) is 9.14. The first kappa shape index (κ1) is 23.0. The van der Waals surface area contributed by atoms with Gasteiger partial charge in [-0.2, -0.15) is 0 Å². The number of H-pyrrole nitrogens is 1. The third kappa shape index (κ3) is 6.63. The Morgan fingerprint density at radius 2 is 1.55 bits per heavy atom. The van der Waals surface area contributed by atoms with Gasteiger partial charge in [0.1, 0.15) is 0 Å². The van der Waals surface area contributed by atoms with E-state index in [4.69, 9.17) is 0 Å². The van der Waals surface area contributed by atoms with Crippen LogP contribution in [0.4, 0.5) is 0 Å². The molecule has 0 aliphatic rings. The second kappa shape index (κ2) is 10.5. The average molecular weight is 390 g/mol. The summed E-state index contributed by atoms with van der Waals surface area (Å²) in [5, 5.41) is 1.30. The fraction of sp³-hybridized carbons (Fsp3) is 0.429. The number of hydrogen-bond acceptors (Lipinski definition) is 0. The molecule has 0 aliphatic heterocycles. The highest BCUT2D eigenvalue weighted by Gasteiger charge is 2.26. The number of fused-ring (bicyclic) bond motifs is 1. The monoisotopic (exact) mass is 389 g/mol. The summed E-state index contributed by atoms with van der Waals surface area (Å²) >= 11 is 0. The van der Waals surface area contributed by atoms with Gasteiger partial charge in [0.05, 0.1) is 0 Å². The SMILES string of the molecule is C=C(CC=C(C)CCC=C(C)CCC=C(C)C)C(C)(C)c1c[nH]c2ccccc12. The van der Waals surface area contributed by atoms with Crippen LogP contribution >= 0.6 is 0 Å². The third-order valence-corrected chi connectivity index (χ3v) is 5.97. The van der Waals surface area contributed by atoms with Gasteiger partial charge in [0.2, 0.25) is 0 Å². The standard InChI is InChI=1S/C28H39N/c1-21(2)12-10-13-22(3)14-11-15-23(4)18-19-24(5)28(6,7)26-20-29-27-17-9-8-16-25(26)27/h8-9,12,14,16-18,20,29H,5,10-11,13,15,19H2,1-4,6-7H3. The van der Waals surface area contributed by atoms with Gasteiger partial charge < -0.3 is 4.98 Å². The molecule has 1 heteroatoms. The Bertz CT molecular complexity index is 911. The first-order valence-corrected chi connectivity index (χ1v) is 10.9. The lowest BCUT2D eigenvalue weighted by Crippen LogP contribution is -2.19. The van der Waals surface area contributed by atoms with Crippen LogP contribution in [0.5, 0.6) is 0 Å². The number of nitrogens with one attached hydrogen (secondary N) is 1. The molecule has 0 bridgehead atoms. The third-order valence-electron chi connectivity index (χ3n) is 5.97. The van der Waals surface area contributed by atoms with Crippen molar-refractivity contribution in [1.29, 1.82) is 0 Å². The van der Waals surface area contributed by atoms with Gasteiger partial charge in [-0.05, 0) is 71.4 Å². The maximum Gasteiger partial charge on any atom is 0.0457 e. The van der Waals surface area contributed by atoms with Crippen LogP contribution < -0.4 is 0 Å². The van der Waals surface area contributed by atoms with Crippen LogP contribution in [0, 0.1) is 0 Å². The summed E-state index contributed by atoms with van der Waals surface area (Å²) in [6.45, 7) is 17.8. The number of benzene rings is 1. The molecule has 0 spiro atoms. The lowest BCUT2D eigenvalue weighted by Gasteiger charge is -2.27. The Hall–Kier alpha value is -2.28. The smallest absolute Gasteiger partial charge is 0.0457 e. The molecule has 2 rings (SSSR count). The minimum Gasteiger partial charge on any atom is -0.361 e. The summed E-state index contributed by atoms with van der Waals surface area (Å²) in [7, 11) is 0. The zero-order valence-electron chi connectivity index (χ0n) is 19.4. The van der Waals surface area contributed by atoms with Crippen LogP contribution in [0.1, 0.15) is 79.2 Å². The summed E-state index contributed by atoms with van der Waals surface area (Å²) in [6, 6.07) is 8.52. The van der Waals surface area contributed by atoms with Crippen LogP contribution in [-0.2, 0) is 5.41 Å². The zero-order chi connectivity index (χ0) is 21.4. The van der Waals surface area contributed by atoms with Gasteiger partial charge in [0, 0.05) is 22.5 Å². The van der Waals surface area contributed by atoms with Gasteiger partial charge in [-0.15, -0.1) is 0 Å². The van der Waals surface area contributed by atoms with Gasteiger partial charge in [0.25, 0.3) is 0 Å². The molecule has 0 aliphatic carbocycles. The van der Waals surface area contributed by atoms with E-state index in [-0.39, 0.29) is 5.41 Å². The Labute approximate surface area is 178 Å². The highest BCUT2D eigenvalue weighted by molar-refractivity contribution is 5.84. The first-order chi connectivity index (χ1) is 13.7. The molecule has 0 unspecified atom stereocenters. The largest absolute Gasteiger partial charge is 0.361 e. The van der Waals surface area contributed by atoms with Crippen molar-refractivity contribution in [3.8, 4) is 0 Å². The van der Waals surface area contributed by atoms with E-state index in [1.807, 2.05) is 0 Å². The van der Waals surface area contributed by atoms with E-state index in [0.29, 0.717) is 0 Å². The molecule has 1 nitrogen and oxygen atoms in total. The van der Waals surface area contributed by atoms with Crippen molar-refractivity contribution in [2.45, 2.75) is 79.1 Å². The summed E-state index contributed by atoms with van der Waals surface area (Å²) in [5.41, 5.74) is 8.09. The van der Waals surface area contributed by atoms with Crippen LogP contribution in [0.3, 0.4) is 0 Å². The van der Waals surface area contributed by atoms with Crippen molar-refractivity contribution < 1.29 is 0 Å². The molecule has 1 heterocycles. The molecule has 0 saturated carbocycles. The molecule has 29 heavy (non-hydrogen) atoms. The van der Waals surface area contributed by atoms with E-state index in [1.54, 1.807) is 0 Å². The lowest BCUT2D eigenvalue weighted by atomic mass is 9.76. The average Bonchev–Trinajstić information content (AvgIpc) is 3.10. The van der Waals surface area contributed by atoms with Crippen molar-refractivity contribution in [2.24, 2.45) is 0 Å². The molecule has 1 aromatic carbocycles. The molecule has 0 atom stereocenters. The van der Waals surface area contributed by atoms with Gasteiger partial charge in [-0.1, -0.05) is 79.1 Å². The zero-order valence-corrected chi connectivity index (χ0v) is 19.4. The number of allylic oxidation sites excluding steroid dienone is 7. The Kier molecular flexibility index (Phi) is 8.32. The molecule has 156 valence electrons. The normalized spacial score (nSPS) is 13.0. The lowest BCUT2D eigenvalue weighted by molar-refractivity contribution is 0.617. The molecule has 0 amide bonds. The van der Waals surface area contributed by atoms with E-state index >= 15 is 0 Å². The van der Waals surface area contributed by atoms with Crippen LogP contribution in [0.2, 0.25) is 0 Å². The number of aromatic nitrogens is 1. The van der Waals surface area contributed by atoms with Gasteiger partial charge in [0.15, 0.2) is 0 Å².